The molecule has 3 heterocycles. The van der Waals surface area contributed by atoms with E-state index in [-0.39, 0.29) is 36.5 Å². The Morgan fingerprint density at radius 2 is 2.00 bits per heavy atom. The Morgan fingerprint density at radius 1 is 1.21 bits per heavy atom. The third-order valence-corrected chi connectivity index (χ3v) is 5.59. The van der Waals surface area contributed by atoms with Crippen molar-refractivity contribution >= 4 is 23.4 Å². The molecule has 3 aliphatic heterocycles. The first-order chi connectivity index (χ1) is 11.6. The molecule has 0 radical (unpaired) electrons. The van der Waals surface area contributed by atoms with E-state index >= 15 is 0 Å². The molecule has 1 aromatic rings. The summed E-state index contributed by atoms with van der Waals surface area (Å²) in [4.78, 5) is 28.7. The predicted octanol–water partition coefficient (Wildman–Crippen LogP) is 2.08. The fourth-order valence-electron chi connectivity index (χ4n) is 4.01. The van der Waals surface area contributed by atoms with E-state index in [0.29, 0.717) is 24.7 Å². The highest BCUT2D eigenvalue weighted by molar-refractivity contribution is 6.30. The van der Waals surface area contributed by atoms with Crippen LogP contribution in [0.5, 0.6) is 0 Å². The van der Waals surface area contributed by atoms with E-state index < -0.39 is 0 Å². The van der Waals surface area contributed by atoms with Gasteiger partial charge in [0.05, 0.1) is 24.7 Å². The van der Waals surface area contributed by atoms with Crippen LogP contribution in [0.25, 0.3) is 0 Å². The molecule has 0 aliphatic carbocycles. The average molecular weight is 349 g/mol. The van der Waals surface area contributed by atoms with E-state index in [0.717, 1.165) is 24.8 Å². The fraction of sp³-hybridized carbons (Fsp3) is 0.556. The van der Waals surface area contributed by atoms with Crippen molar-refractivity contribution in [1.29, 1.82) is 0 Å². The molecule has 4 rings (SSSR count). The lowest BCUT2D eigenvalue weighted by Crippen LogP contribution is -2.54. The summed E-state index contributed by atoms with van der Waals surface area (Å²) in [5.74, 6) is 0.0645. The van der Waals surface area contributed by atoms with Crippen LogP contribution in [0.3, 0.4) is 0 Å². The Balaban J connectivity index is 1.35. The molecule has 2 bridgehead atoms. The number of carbonyl (C=O) groups is 2. The molecule has 0 saturated carbocycles. The number of halogens is 1. The average Bonchev–Trinajstić information content (AvgIpc) is 3.21. The van der Waals surface area contributed by atoms with Gasteiger partial charge in [-0.25, -0.2) is 0 Å². The van der Waals surface area contributed by atoms with Crippen molar-refractivity contribution in [2.45, 2.75) is 38.0 Å². The minimum Gasteiger partial charge on any atom is -0.374 e. The summed E-state index contributed by atoms with van der Waals surface area (Å²) in [6, 6.07) is 7.52. The molecule has 1 aromatic carbocycles. The van der Waals surface area contributed by atoms with Crippen LogP contribution in [0.15, 0.2) is 24.3 Å². The summed E-state index contributed by atoms with van der Waals surface area (Å²) >= 11 is 5.89. The summed E-state index contributed by atoms with van der Waals surface area (Å²) in [5, 5.41) is 0.688. The van der Waals surface area contributed by atoms with Crippen LogP contribution in [0.4, 0.5) is 0 Å². The van der Waals surface area contributed by atoms with E-state index in [1.165, 1.54) is 0 Å². The zero-order valence-corrected chi connectivity index (χ0v) is 14.2. The van der Waals surface area contributed by atoms with Crippen molar-refractivity contribution in [3.63, 3.8) is 0 Å². The highest BCUT2D eigenvalue weighted by Gasteiger charge is 2.46. The smallest absolute Gasteiger partial charge is 0.242 e. The first-order valence-corrected chi connectivity index (χ1v) is 8.94. The molecule has 3 aliphatic rings. The van der Waals surface area contributed by atoms with Crippen molar-refractivity contribution in [3.8, 4) is 0 Å². The number of ether oxygens (including phenoxy) is 1. The quantitative estimate of drug-likeness (QED) is 0.840. The standard InChI is InChI=1S/C18H21ClN2O3/c19-13-3-1-12(2-4-13)10-20-7-8-21(11-17(20)22)18(23)15-9-14-5-6-16(15)24-14/h1-4,14-16H,5-11H2. The molecule has 3 atom stereocenters. The van der Waals surface area contributed by atoms with Crippen LogP contribution < -0.4 is 0 Å². The summed E-state index contributed by atoms with van der Waals surface area (Å²) in [6.45, 7) is 1.93. The van der Waals surface area contributed by atoms with Gasteiger partial charge in [-0.15, -0.1) is 0 Å². The predicted molar refractivity (Wildman–Crippen MR) is 89.5 cm³/mol. The van der Waals surface area contributed by atoms with E-state index in [1.54, 1.807) is 4.90 Å². The van der Waals surface area contributed by atoms with Gasteiger partial charge in [-0.1, -0.05) is 23.7 Å². The van der Waals surface area contributed by atoms with Crippen molar-refractivity contribution in [3.05, 3.63) is 34.9 Å². The lowest BCUT2D eigenvalue weighted by atomic mass is 9.88. The van der Waals surface area contributed by atoms with Gasteiger partial charge < -0.3 is 14.5 Å². The molecule has 6 heteroatoms. The van der Waals surface area contributed by atoms with Crippen LogP contribution in [0.1, 0.15) is 24.8 Å². The Labute approximate surface area is 146 Å². The van der Waals surface area contributed by atoms with Crippen molar-refractivity contribution in [1.82, 2.24) is 9.80 Å². The molecule has 0 N–H and O–H groups in total. The molecule has 2 amide bonds. The first kappa shape index (κ1) is 15.9. The molecule has 5 nitrogen and oxygen atoms in total. The van der Waals surface area contributed by atoms with E-state index in [2.05, 4.69) is 0 Å². The molecule has 0 aromatic heterocycles. The van der Waals surface area contributed by atoms with E-state index in [4.69, 9.17) is 16.3 Å². The summed E-state index contributed by atoms with van der Waals surface area (Å²) in [5.41, 5.74) is 1.05. The van der Waals surface area contributed by atoms with Crippen LogP contribution in [-0.2, 0) is 20.9 Å². The molecule has 0 spiro atoms. The molecule has 3 unspecified atom stereocenters. The van der Waals surface area contributed by atoms with Gasteiger partial charge in [0.1, 0.15) is 0 Å². The zero-order valence-electron chi connectivity index (χ0n) is 13.5. The molecular weight excluding hydrogens is 328 g/mol. The third-order valence-electron chi connectivity index (χ3n) is 5.34. The maximum atomic E-state index is 12.7. The molecule has 24 heavy (non-hydrogen) atoms. The summed E-state index contributed by atoms with van der Waals surface area (Å²) in [7, 11) is 0. The van der Waals surface area contributed by atoms with Gasteiger partial charge in [-0.05, 0) is 37.0 Å². The zero-order chi connectivity index (χ0) is 16.7. The minimum absolute atomic E-state index is 0.00799. The summed E-state index contributed by atoms with van der Waals surface area (Å²) < 4.78 is 5.78. The Morgan fingerprint density at radius 3 is 2.62 bits per heavy atom. The maximum absolute atomic E-state index is 12.7. The molecule has 128 valence electrons. The highest BCUT2D eigenvalue weighted by atomic mass is 35.5. The Bertz CT molecular complexity index is 648. The number of carbonyl (C=O) groups excluding carboxylic acids is 2. The number of fused-ring (bicyclic) bond motifs is 2. The first-order valence-electron chi connectivity index (χ1n) is 8.56. The topological polar surface area (TPSA) is 49.9 Å². The van der Waals surface area contributed by atoms with Gasteiger partial charge in [0.25, 0.3) is 0 Å². The number of hydrogen-bond acceptors (Lipinski definition) is 3. The van der Waals surface area contributed by atoms with Crippen molar-refractivity contribution in [2.75, 3.05) is 19.6 Å². The number of hydrogen-bond donors (Lipinski definition) is 0. The second kappa shape index (κ2) is 6.37. The number of piperazine rings is 1. The molecule has 3 fully saturated rings. The van der Waals surface area contributed by atoms with Gasteiger partial charge >= 0.3 is 0 Å². The van der Waals surface area contributed by atoms with E-state index in [9.17, 15) is 9.59 Å². The third kappa shape index (κ3) is 3.03. The van der Waals surface area contributed by atoms with Crippen molar-refractivity contribution in [2.24, 2.45) is 5.92 Å². The largest absolute Gasteiger partial charge is 0.374 e. The normalized spacial score (nSPS) is 29.4. The van der Waals surface area contributed by atoms with Crippen molar-refractivity contribution < 1.29 is 14.3 Å². The van der Waals surface area contributed by atoms with Crippen LogP contribution in [0.2, 0.25) is 5.02 Å². The minimum atomic E-state index is -0.0423. The molecule has 3 saturated heterocycles. The van der Waals surface area contributed by atoms with Crippen LogP contribution >= 0.6 is 11.6 Å². The number of rotatable bonds is 3. The molecular formula is C18H21ClN2O3. The van der Waals surface area contributed by atoms with Gasteiger partial charge in [-0.3, -0.25) is 9.59 Å². The van der Waals surface area contributed by atoms with Gasteiger partial charge in [0.2, 0.25) is 11.8 Å². The second-order valence-electron chi connectivity index (χ2n) is 6.92. The Hall–Kier alpha value is -1.59. The van der Waals surface area contributed by atoms with Gasteiger partial charge in [0.15, 0.2) is 0 Å². The van der Waals surface area contributed by atoms with Gasteiger partial charge in [-0.2, -0.15) is 0 Å². The lowest BCUT2D eigenvalue weighted by Gasteiger charge is -2.36. The SMILES string of the molecule is O=C1CN(C(=O)C2CC3CCC2O3)CCN1Cc1ccc(Cl)cc1. The second-order valence-corrected chi connectivity index (χ2v) is 7.35. The van der Waals surface area contributed by atoms with Gasteiger partial charge in [0, 0.05) is 24.7 Å². The lowest BCUT2D eigenvalue weighted by molar-refractivity contribution is -0.148. The highest BCUT2D eigenvalue weighted by Crippen LogP contribution is 2.39. The monoisotopic (exact) mass is 348 g/mol. The number of benzene rings is 1. The summed E-state index contributed by atoms with van der Waals surface area (Å²) in [6.07, 6.45) is 3.20. The number of nitrogens with zero attached hydrogens (tertiary/aromatic N) is 2. The van der Waals surface area contributed by atoms with E-state index in [1.807, 2.05) is 29.2 Å². The Kier molecular flexibility index (Phi) is 4.22. The van der Waals surface area contributed by atoms with Crippen LogP contribution in [0, 0.1) is 5.92 Å². The van der Waals surface area contributed by atoms with Crippen LogP contribution in [-0.4, -0.2) is 53.5 Å². The number of amides is 2. The maximum Gasteiger partial charge on any atom is 0.242 e. The fourth-order valence-corrected chi connectivity index (χ4v) is 4.13.